The lowest BCUT2D eigenvalue weighted by Gasteiger charge is -2.23. The minimum atomic E-state index is -0.162. The summed E-state index contributed by atoms with van der Waals surface area (Å²) in [7, 11) is 5.52. The SMILES string of the molecule is CCCCCCCC/C=C\CCCCCCCC(=O)OCCN(CCOC)C(=O)CCN(C)C.CCCCCCCCC(C=O)CCCCCC. The molecule has 7 nitrogen and oxygen atoms in total. The summed E-state index contributed by atoms with van der Waals surface area (Å²) < 4.78 is 10.5. The van der Waals surface area contributed by atoms with Gasteiger partial charge in [0.15, 0.2) is 0 Å². The summed E-state index contributed by atoms with van der Waals surface area (Å²) in [5.41, 5.74) is 0. The molecule has 0 aromatic rings. The van der Waals surface area contributed by atoms with Crippen molar-refractivity contribution in [2.24, 2.45) is 5.92 Å². The quantitative estimate of drug-likeness (QED) is 0.0275. The lowest BCUT2D eigenvalue weighted by atomic mass is 9.95. The lowest BCUT2D eigenvalue weighted by Crippen LogP contribution is -2.38. The van der Waals surface area contributed by atoms with Gasteiger partial charge in [0.25, 0.3) is 0 Å². The van der Waals surface area contributed by atoms with Gasteiger partial charge in [-0.2, -0.15) is 0 Å². The summed E-state index contributed by atoms with van der Waals surface area (Å²) in [6.07, 6.45) is 38.3. The number of esters is 1. The molecule has 0 saturated heterocycles. The normalized spacial score (nSPS) is 11.8. The van der Waals surface area contributed by atoms with Gasteiger partial charge in [0.05, 0.1) is 13.2 Å². The molecule has 0 aromatic heterocycles. The number of carbonyl (C=O) groups excluding carboxylic acids is 3. The molecule has 0 saturated carbocycles. The van der Waals surface area contributed by atoms with Crippen LogP contribution in [0.1, 0.15) is 194 Å². The maximum Gasteiger partial charge on any atom is 0.305 e. The predicted molar refractivity (Wildman–Crippen MR) is 218 cm³/mol. The minimum Gasteiger partial charge on any atom is -0.464 e. The van der Waals surface area contributed by atoms with Crippen LogP contribution >= 0.6 is 0 Å². The molecule has 7 heteroatoms. The Bertz CT molecular complexity index is 773. The summed E-state index contributed by atoms with van der Waals surface area (Å²) in [5.74, 6) is 0.252. The average molecular weight is 723 g/mol. The second-order valence-corrected chi connectivity index (χ2v) is 14.8. The van der Waals surface area contributed by atoms with Gasteiger partial charge >= 0.3 is 5.97 Å². The lowest BCUT2D eigenvalue weighted by molar-refractivity contribution is -0.146. The van der Waals surface area contributed by atoms with Gasteiger partial charge in [-0.05, 0) is 59.0 Å². The number of hydrogen-bond donors (Lipinski definition) is 0. The molecule has 0 rings (SSSR count). The molecule has 0 spiro atoms. The van der Waals surface area contributed by atoms with E-state index in [4.69, 9.17) is 9.47 Å². The van der Waals surface area contributed by atoms with Gasteiger partial charge in [0.2, 0.25) is 5.91 Å². The number of ether oxygens (including phenoxy) is 2. The first-order valence-electron chi connectivity index (χ1n) is 21.5. The first-order chi connectivity index (χ1) is 24.9. The molecule has 0 aliphatic carbocycles. The van der Waals surface area contributed by atoms with Crippen molar-refractivity contribution in [2.45, 2.75) is 194 Å². The van der Waals surface area contributed by atoms with Crippen LogP contribution in [-0.4, -0.2) is 82.0 Å². The summed E-state index contributed by atoms with van der Waals surface area (Å²) in [5, 5.41) is 0. The Hall–Kier alpha value is -1.73. The van der Waals surface area contributed by atoms with E-state index >= 15 is 0 Å². The molecule has 1 unspecified atom stereocenters. The van der Waals surface area contributed by atoms with Gasteiger partial charge in [-0.25, -0.2) is 0 Å². The van der Waals surface area contributed by atoms with Crippen molar-refractivity contribution in [3.63, 3.8) is 0 Å². The average Bonchev–Trinajstić information content (AvgIpc) is 3.12. The Morgan fingerprint density at radius 2 is 1.02 bits per heavy atom. The van der Waals surface area contributed by atoms with Crippen LogP contribution in [0.3, 0.4) is 0 Å². The van der Waals surface area contributed by atoms with Crippen molar-refractivity contribution >= 4 is 18.2 Å². The Balaban J connectivity index is 0. The molecular weight excluding hydrogens is 636 g/mol. The van der Waals surface area contributed by atoms with E-state index < -0.39 is 0 Å². The van der Waals surface area contributed by atoms with E-state index in [0.29, 0.717) is 45.0 Å². The van der Waals surface area contributed by atoms with Gasteiger partial charge in [-0.1, -0.05) is 148 Å². The number of nitrogens with zero attached hydrogens (tertiary/aromatic N) is 2. The zero-order valence-electron chi connectivity index (χ0n) is 34.9. The molecule has 1 atom stereocenters. The monoisotopic (exact) mass is 723 g/mol. The van der Waals surface area contributed by atoms with E-state index in [9.17, 15) is 14.4 Å². The highest BCUT2D eigenvalue weighted by atomic mass is 16.5. The van der Waals surface area contributed by atoms with Crippen LogP contribution in [0.2, 0.25) is 0 Å². The van der Waals surface area contributed by atoms with Crippen molar-refractivity contribution in [1.82, 2.24) is 9.80 Å². The largest absolute Gasteiger partial charge is 0.464 e. The van der Waals surface area contributed by atoms with Gasteiger partial charge in [0, 0.05) is 39.0 Å². The number of unbranched alkanes of at least 4 members (excludes halogenated alkanes) is 19. The number of methoxy groups -OCH3 is 1. The minimum absolute atomic E-state index is 0.0686. The molecule has 0 radical (unpaired) electrons. The molecule has 302 valence electrons. The Morgan fingerprint density at radius 1 is 0.569 bits per heavy atom. The van der Waals surface area contributed by atoms with Crippen molar-refractivity contribution in [3.05, 3.63) is 12.2 Å². The number of carbonyl (C=O) groups is 3. The van der Waals surface area contributed by atoms with E-state index in [-0.39, 0.29) is 18.5 Å². The van der Waals surface area contributed by atoms with Gasteiger partial charge in [-0.3, -0.25) is 9.59 Å². The number of aldehydes is 1. The molecule has 51 heavy (non-hydrogen) atoms. The molecular formula is C44H86N2O5. The summed E-state index contributed by atoms with van der Waals surface area (Å²) in [4.78, 5) is 39.0. The third kappa shape index (κ3) is 40.9. The molecule has 1 amide bonds. The second-order valence-electron chi connectivity index (χ2n) is 14.8. The Labute approximate surface area is 317 Å². The van der Waals surface area contributed by atoms with E-state index in [1.165, 1.54) is 141 Å². The second kappa shape index (κ2) is 42.7. The molecule has 0 aliphatic rings. The highest BCUT2D eigenvalue weighted by molar-refractivity contribution is 5.76. The zero-order chi connectivity index (χ0) is 38.0. The summed E-state index contributed by atoms with van der Waals surface area (Å²) in [6, 6.07) is 0. The predicted octanol–water partition coefficient (Wildman–Crippen LogP) is 11.5. The van der Waals surface area contributed by atoms with E-state index in [2.05, 4.69) is 32.9 Å². The first kappa shape index (κ1) is 51.4. The molecule has 0 N–H and O–H groups in total. The van der Waals surface area contributed by atoms with Gasteiger partial charge in [0.1, 0.15) is 12.9 Å². The van der Waals surface area contributed by atoms with Crippen LogP contribution in [0, 0.1) is 5.92 Å². The van der Waals surface area contributed by atoms with Crippen LogP contribution in [0.5, 0.6) is 0 Å². The Kier molecular flexibility index (Phi) is 43.0. The highest BCUT2D eigenvalue weighted by Crippen LogP contribution is 2.17. The highest BCUT2D eigenvalue weighted by Gasteiger charge is 2.14. The summed E-state index contributed by atoms with van der Waals surface area (Å²) in [6.45, 7) is 9.13. The number of allylic oxidation sites excluding steroid dienone is 2. The maximum atomic E-state index is 12.4. The third-order valence-corrected chi connectivity index (χ3v) is 9.51. The number of hydrogen-bond acceptors (Lipinski definition) is 6. The fourth-order valence-electron chi connectivity index (χ4n) is 6.02. The van der Waals surface area contributed by atoms with Crippen LogP contribution in [0.15, 0.2) is 12.2 Å². The fraction of sp³-hybridized carbons (Fsp3) is 0.886. The zero-order valence-corrected chi connectivity index (χ0v) is 34.9. The molecule has 0 heterocycles. The van der Waals surface area contributed by atoms with Crippen molar-refractivity contribution in [3.8, 4) is 0 Å². The first-order valence-corrected chi connectivity index (χ1v) is 21.5. The van der Waals surface area contributed by atoms with E-state index in [1.807, 2.05) is 19.0 Å². The van der Waals surface area contributed by atoms with Crippen molar-refractivity contribution in [2.75, 3.05) is 54.1 Å². The van der Waals surface area contributed by atoms with Crippen LogP contribution < -0.4 is 0 Å². The molecule has 0 aromatic carbocycles. The standard InChI is InChI=1S/C28H54N2O4.C16H32O/c1-5-6-7-8-9-10-11-12-13-14-15-16-17-18-19-20-28(32)34-26-24-30(23-25-33-4)27(31)21-22-29(2)3;1-3-5-7-9-10-12-14-16(15-17)13-11-8-6-4-2/h12-13H,5-11,14-26H2,1-4H3;15-16H,3-14H2,1-2H3/b13-12-;. The van der Waals surface area contributed by atoms with E-state index in [1.54, 1.807) is 12.0 Å². The number of rotatable bonds is 37. The topological polar surface area (TPSA) is 76.2 Å². The van der Waals surface area contributed by atoms with Crippen LogP contribution in [0.25, 0.3) is 0 Å². The van der Waals surface area contributed by atoms with E-state index in [0.717, 1.165) is 25.7 Å². The van der Waals surface area contributed by atoms with Crippen molar-refractivity contribution in [1.29, 1.82) is 0 Å². The van der Waals surface area contributed by atoms with Crippen molar-refractivity contribution < 1.29 is 23.9 Å². The summed E-state index contributed by atoms with van der Waals surface area (Å²) >= 11 is 0. The maximum absolute atomic E-state index is 12.4. The third-order valence-electron chi connectivity index (χ3n) is 9.51. The van der Waals surface area contributed by atoms with Gasteiger partial charge < -0.3 is 24.1 Å². The molecule has 0 aliphatic heterocycles. The smallest absolute Gasteiger partial charge is 0.305 e. The molecule has 0 fully saturated rings. The van der Waals surface area contributed by atoms with Crippen LogP contribution in [-0.2, 0) is 23.9 Å². The fourth-order valence-corrected chi connectivity index (χ4v) is 6.02. The van der Waals surface area contributed by atoms with Crippen LogP contribution in [0.4, 0.5) is 0 Å². The number of amides is 1. The Morgan fingerprint density at radius 3 is 1.51 bits per heavy atom. The molecule has 0 bridgehead atoms. The van der Waals surface area contributed by atoms with Gasteiger partial charge in [-0.15, -0.1) is 0 Å².